The maximum Gasteiger partial charge on any atom is 0.306 e. The van der Waals surface area contributed by atoms with Gasteiger partial charge in [0.1, 0.15) is 13.2 Å². The molecule has 406 valence electrons. The lowest BCUT2D eigenvalue weighted by molar-refractivity contribution is -0.167. The lowest BCUT2D eigenvalue weighted by atomic mass is 10.0. The summed E-state index contributed by atoms with van der Waals surface area (Å²) in [6.07, 6.45) is 69.0. The summed E-state index contributed by atoms with van der Waals surface area (Å²) in [5.41, 5.74) is 0. The summed E-state index contributed by atoms with van der Waals surface area (Å²) in [6, 6.07) is 0. The van der Waals surface area contributed by atoms with Crippen LogP contribution in [0.1, 0.15) is 342 Å². The van der Waals surface area contributed by atoms with E-state index in [0.717, 1.165) is 70.6 Å². The van der Waals surface area contributed by atoms with Gasteiger partial charge in [0.05, 0.1) is 0 Å². The maximum absolute atomic E-state index is 12.8. The number of esters is 3. The van der Waals surface area contributed by atoms with E-state index < -0.39 is 6.10 Å². The largest absolute Gasteiger partial charge is 0.462 e. The second-order valence-corrected chi connectivity index (χ2v) is 21.0. The van der Waals surface area contributed by atoms with Crippen LogP contribution in [-0.2, 0) is 28.6 Å². The summed E-state index contributed by atoms with van der Waals surface area (Å²) in [4.78, 5) is 38.2. The minimum Gasteiger partial charge on any atom is -0.462 e. The molecule has 0 N–H and O–H groups in total. The summed E-state index contributed by atoms with van der Waals surface area (Å²) < 4.78 is 16.9. The molecule has 0 heterocycles. The van der Waals surface area contributed by atoms with Crippen LogP contribution in [0.4, 0.5) is 0 Å². The van der Waals surface area contributed by atoms with Crippen molar-refractivity contribution in [3.05, 3.63) is 24.3 Å². The molecule has 0 rings (SSSR count). The number of hydrogen-bond acceptors (Lipinski definition) is 6. The Morgan fingerprint density at radius 1 is 0.275 bits per heavy atom. The highest BCUT2D eigenvalue weighted by Gasteiger charge is 2.19. The fourth-order valence-electron chi connectivity index (χ4n) is 9.26. The molecule has 0 saturated heterocycles. The normalized spacial score (nSPS) is 12.1. The lowest BCUT2D eigenvalue weighted by Crippen LogP contribution is -2.30. The molecule has 0 aromatic carbocycles. The van der Waals surface area contributed by atoms with Gasteiger partial charge >= 0.3 is 17.9 Å². The highest BCUT2D eigenvalue weighted by Crippen LogP contribution is 2.17. The van der Waals surface area contributed by atoms with Gasteiger partial charge in [0.25, 0.3) is 0 Å². The number of unbranched alkanes of at least 4 members (excludes halogenated alkanes) is 42. The minimum atomic E-state index is -0.775. The fourth-order valence-corrected chi connectivity index (χ4v) is 9.26. The molecule has 1 atom stereocenters. The average Bonchev–Trinajstić information content (AvgIpc) is 3.35. The number of rotatable bonds is 57. The van der Waals surface area contributed by atoms with E-state index in [1.54, 1.807) is 0 Å². The van der Waals surface area contributed by atoms with Gasteiger partial charge in [0.2, 0.25) is 0 Å². The SMILES string of the molecule is CCCCCC/C=C\CCCCCCCC(=O)OCC(COC(=O)CCCCCCCCCCCCCCCCCCCCCCCCCC)OC(=O)CCCCCCC/C=C\CCCCCCC. The smallest absolute Gasteiger partial charge is 0.306 e. The topological polar surface area (TPSA) is 78.9 Å². The maximum atomic E-state index is 12.8. The van der Waals surface area contributed by atoms with Crippen molar-refractivity contribution in [3.63, 3.8) is 0 Å². The standard InChI is InChI=1S/C63H118O6/c1-4-7-10-13-16-19-22-25-27-28-29-30-31-32-33-34-35-36-39-41-44-47-50-53-56-62(65)68-59-60(58-67-61(64)55-52-49-46-43-40-37-24-21-18-15-12-9-6-3)69-63(66)57-54-51-48-45-42-38-26-23-20-17-14-11-8-5-2/h21,23-24,26,60H,4-20,22,25,27-59H2,1-3H3/b24-21-,26-23-. The van der Waals surface area contributed by atoms with E-state index in [-0.39, 0.29) is 31.1 Å². The molecule has 0 fully saturated rings. The molecule has 0 radical (unpaired) electrons. The Hall–Kier alpha value is -2.11. The third-order valence-corrected chi connectivity index (χ3v) is 13.9. The lowest BCUT2D eigenvalue weighted by Gasteiger charge is -2.18. The zero-order chi connectivity index (χ0) is 50.0. The van der Waals surface area contributed by atoms with Crippen LogP contribution in [0.25, 0.3) is 0 Å². The molecule has 6 nitrogen and oxygen atoms in total. The fraction of sp³-hybridized carbons (Fsp3) is 0.889. The van der Waals surface area contributed by atoms with Crippen LogP contribution in [-0.4, -0.2) is 37.2 Å². The number of carbonyl (C=O) groups excluding carboxylic acids is 3. The first-order valence-electron chi connectivity index (χ1n) is 30.8. The van der Waals surface area contributed by atoms with Crippen LogP contribution < -0.4 is 0 Å². The van der Waals surface area contributed by atoms with Gasteiger partial charge in [-0.15, -0.1) is 0 Å². The zero-order valence-electron chi connectivity index (χ0n) is 46.6. The summed E-state index contributed by atoms with van der Waals surface area (Å²) in [6.45, 7) is 6.66. The summed E-state index contributed by atoms with van der Waals surface area (Å²) in [7, 11) is 0. The van der Waals surface area contributed by atoms with Gasteiger partial charge in [-0.05, 0) is 70.6 Å². The van der Waals surface area contributed by atoms with E-state index in [4.69, 9.17) is 14.2 Å². The molecule has 0 aliphatic rings. The van der Waals surface area contributed by atoms with E-state index in [0.29, 0.717) is 19.3 Å². The second-order valence-electron chi connectivity index (χ2n) is 21.0. The van der Waals surface area contributed by atoms with E-state index in [2.05, 4.69) is 45.1 Å². The molecule has 0 bridgehead atoms. The van der Waals surface area contributed by atoms with Gasteiger partial charge in [-0.1, -0.05) is 276 Å². The second kappa shape index (κ2) is 58.5. The molecule has 1 unspecified atom stereocenters. The summed E-state index contributed by atoms with van der Waals surface area (Å²) >= 11 is 0. The minimum absolute atomic E-state index is 0.0727. The van der Waals surface area contributed by atoms with Gasteiger partial charge in [-0.3, -0.25) is 14.4 Å². The number of hydrogen-bond donors (Lipinski definition) is 0. The van der Waals surface area contributed by atoms with E-state index in [1.165, 1.54) is 231 Å². The first kappa shape index (κ1) is 66.9. The number of allylic oxidation sites excluding steroid dienone is 4. The molecule has 0 aliphatic carbocycles. The van der Waals surface area contributed by atoms with E-state index in [1.807, 2.05) is 0 Å². The molecule has 6 heteroatoms. The highest BCUT2D eigenvalue weighted by molar-refractivity contribution is 5.71. The monoisotopic (exact) mass is 971 g/mol. The Balaban J connectivity index is 4.22. The predicted molar refractivity (Wildman–Crippen MR) is 298 cm³/mol. The Morgan fingerprint density at radius 3 is 0.739 bits per heavy atom. The Morgan fingerprint density at radius 2 is 0.478 bits per heavy atom. The molecular formula is C63H118O6. The van der Waals surface area contributed by atoms with E-state index >= 15 is 0 Å². The van der Waals surface area contributed by atoms with Crippen LogP contribution in [0.15, 0.2) is 24.3 Å². The van der Waals surface area contributed by atoms with Crippen molar-refractivity contribution in [2.45, 2.75) is 348 Å². The molecule has 0 aliphatic heterocycles. The Bertz CT molecular complexity index is 1110. The Kier molecular flexibility index (Phi) is 56.7. The summed E-state index contributed by atoms with van der Waals surface area (Å²) in [5.74, 6) is -0.869. The molecule has 0 aromatic heterocycles. The van der Waals surface area contributed by atoms with Crippen molar-refractivity contribution in [3.8, 4) is 0 Å². The van der Waals surface area contributed by atoms with Crippen molar-refractivity contribution < 1.29 is 28.6 Å². The van der Waals surface area contributed by atoms with Gasteiger partial charge < -0.3 is 14.2 Å². The van der Waals surface area contributed by atoms with Gasteiger partial charge in [0.15, 0.2) is 6.10 Å². The van der Waals surface area contributed by atoms with Gasteiger partial charge in [-0.25, -0.2) is 0 Å². The first-order chi connectivity index (χ1) is 34.0. The molecule has 69 heavy (non-hydrogen) atoms. The highest BCUT2D eigenvalue weighted by atomic mass is 16.6. The van der Waals surface area contributed by atoms with Crippen LogP contribution in [0.2, 0.25) is 0 Å². The van der Waals surface area contributed by atoms with Gasteiger partial charge in [0, 0.05) is 19.3 Å². The van der Waals surface area contributed by atoms with Crippen LogP contribution in [0.3, 0.4) is 0 Å². The molecular weight excluding hydrogens is 853 g/mol. The zero-order valence-corrected chi connectivity index (χ0v) is 46.6. The average molecular weight is 972 g/mol. The predicted octanol–water partition coefficient (Wildman–Crippen LogP) is 20.7. The van der Waals surface area contributed by atoms with Crippen LogP contribution >= 0.6 is 0 Å². The third kappa shape index (κ3) is 56.7. The first-order valence-corrected chi connectivity index (χ1v) is 30.8. The van der Waals surface area contributed by atoms with Crippen molar-refractivity contribution in [1.82, 2.24) is 0 Å². The van der Waals surface area contributed by atoms with Crippen molar-refractivity contribution in [2.75, 3.05) is 13.2 Å². The quantitative estimate of drug-likeness (QED) is 0.0261. The molecule has 0 spiro atoms. The number of carbonyl (C=O) groups is 3. The van der Waals surface area contributed by atoms with Crippen molar-refractivity contribution in [1.29, 1.82) is 0 Å². The third-order valence-electron chi connectivity index (χ3n) is 13.9. The van der Waals surface area contributed by atoms with Crippen molar-refractivity contribution in [2.24, 2.45) is 0 Å². The summed E-state index contributed by atoms with van der Waals surface area (Å²) in [5, 5.41) is 0. The van der Waals surface area contributed by atoms with Crippen molar-refractivity contribution >= 4 is 17.9 Å². The van der Waals surface area contributed by atoms with Crippen LogP contribution in [0.5, 0.6) is 0 Å². The molecule has 0 aromatic rings. The van der Waals surface area contributed by atoms with Gasteiger partial charge in [-0.2, -0.15) is 0 Å². The Labute approximate surface area is 430 Å². The van der Waals surface area contributed by atoms with Crippen LogP contribution in [0, 0.1) is 0 Å². The molecule has 0 saturated carbocycles. The molecule has 0 amide bonds. The van der Waals surface area contributed by atoms with E-state index in [9.17, 15) is 14.4 Å². The number of ether oxygens (including phenoxy) is 3.